The molecule has 0 aliphatic carbocycles. The quantitative estimate of drug-likeness (QED) is 0.520. The van der Waals surface area contributed by atoms with Gasteiger partial charge in [-0.3, -0.25) is 9.59 Å². The lowest BCUT2D eigenvalue weighted by Gasteiger charge is -2.11. The van der Waals surface area contributed by atoms with Gasteiger partial charge in [0.25, 0.3) is 5.91 Å². The zero-order valence-corrected chi connectivity index (χ0v) is 16.6. The first kappa shape index (κ1) is 20.8. The predicted octanol–water partition coefficient (Wildman–Crippen LogP) is 5.33. The average Bonchev–Trinajstić information content (AvgIpc) is 2.75. The summed E-state index contributed by atoms with van der Waals surface area (Å²) >= 11 is 0. The minimum atomic E-state index is -1.24. The smallest absolute Gasteiger partial charge is 0.336 e. The Labute approximate surface area is 174 Å². The Kier molecular flexibility index (Phi) is 6.27. The van der Waals surface area contributed by atoms with Crippen LogP contribution in [-0.2, 0) is 0 Å². The number of carboxylic acids is 1. The van der Waals surface area contributed by atoms with Crippen molar-refractivity contribution in [1.82, 2.24) is 0 Å². The Morgan fingerprint density at radius 2 is 1.47 bits per heavy atom. The van der Waals surface area contributed by atoms with E-state index in [2.05, 4.69) is 5.32 Å². The monoisotopic (exact) mass is 403 g/mol. The summed E-state index contributed by atoms with van der Waals surface area (Å²) in [5, 5.41) is 12.0. The number of ether oxygens (including phenoxy) is 1. The Balaban J connectivity index is 1.77. The van der Waals surface area contributed by atoms with Gasteiger partial charge in [0.2, 0.25) is 0 Å². The van der Waals surface area contributed by atoms with Crippen LogP contribution in [0.4, 0.5) is 5.69 Å². The van der Waals surface area contributed by atoms with Gasteiger partial charge in [-0.2, -0.15) is 0 Å². The second-order valence-corrected chi connectivity index (χ2v) is 6.74. The van der Waals surface area contributed by atoms with E-state index < -0.39 is 11.9 Å². The number of aromatic carboxylic acids is 1. The van der Waals surface area contributed by atoms with Gasteiger partial charge in [0.15, 0.2) is 5.78 Å². The standard InChI is InChI=1S/C24H21NO5/c1-3-22(26)16-6-13-20(24(28)29)21(14-16)23(27)25-17-7-11-19(12-8-17)30-18-9-4-15(2)5-10-18/h4-14H,3H2,1-2H3,(H,25,27)(H,28,29). The average molecular weight is 403 g/mol. The lowest BCUT2D eigenvalue weighted by atomic mass is 10.00. The molecule has 0 radical (unpaired) electrons. The van der Waals surface area contributed by atoms with Gasteiger partial charge in [-0.25, -0.2) is 4.79 Å². The second-order valence-electron chi connectivity index (χ2n) is 6.74. The van der Waals surface area contributed by atoms with Crippen molar-refractivity contribution in [2.24, 2.45) is 0 Å². The first-order valence-electron chi connectivity index (χ1n) is 9.44. The number of anilines is 1. The van der Waals surface area contributed by atoms with Crippen LogP contribution in [0.2, 0.25) is 0 Å². The highest BCUT2D eigenvalue weighted by Crippen LogP contribution is 2.24. The molecule has 0 saturated heterocycles. The third kappa shape index (κ3) is 4.91. The first-order chi connectivity index (χ1) is 14.4. The fourth-order valence-electron chi connectivity index (χ4n) is 2.84. The van der Waals surface area contributed by atoms with E-state index in [9.17, 15) is 19.5 Å². The molecule has 30 heavy (non-hydrogen) atoms. The zero-order chi connectivity index (χ0) is 21.7. The summed E-state index contributed by atoms with van der Waals surface area (Å²) in [6.07, 6.45) is 0.260. The van der Waals surface area contributed by atoms with Crippen molar-refractivity contribution in [2.45, 2.75) is 20.3 Å². The molecule has 0 aromatic heterocycles. The molecule has 0 fully saturated rings. The highest BCUT2D eigenvalue weighted by molar-refractivity contribution is 6.12. The van der Waals surface area contributed by atoms with Gasteiger partial charge in [0.05, 0.1) is 11.1 Å². The van der Waals surface area contributed by atoms with Crippen molar-refractivity contribution in [2.75, 3.05) is 5.32 Å². The Hall–Kier alpha value is -3.93. The SMILES string of the molecule is CCC(=O)c1ccc(C(=O)O)c(C(=O)Nc2ccc(Oc3ccc(C)cc3)cc2)c1. The molecule has 0 saturated carbocycles. The third-order valence-corrected chi connectivity index (χ3v) is 4.51. The van der Waals surface area contributed by atoms with Crippen molar-refractivity contribution in [1.29, 1.82) is 0 Å². The van der Waals surface area contributed by atoms with E-state index in [1.165, 1.54) is 18.2 Å². The number of hydrogen-bond acceptors (Lipinski definition) is 4. The number of Topliss-reactive ketones (excluding diaryl/α,β-unsaturated/α-hetero) is 1. The minimum Gasteiger partial charge on any atom is -0.478 e. The fourth-order valence-corrected chi connectivity index (χ4v) is 2.84. The summed E-state index contributed by atoms with van der Waals surface area (Å²) in [6, 6.07) is 18.3. The van der Waals surface area contributed by atoms with Crippen LogP contribution in [0, 0.1) is 6.92 Å². The molecule has 152 valence electrons. The van der Waals surface area contributed by atoms with Gasteiger partial charge in [0.1, 0.15) is 11.5 Å². The maximum atomic E-state index is 12.7. The van der Waals surface area contributed by atoms with Crippen LogP contribution in [0.15, 0.2) is 66.7 Å². The van der Waals surface area contributed by atoms with E-state index in [0.29, 0.717) is 22.7 Å². The number of amides is 1. The first-order valence-corrected chi connectivity index (χ1v) is 9.44. The number of hydrogen-bond donors (Lipinski definition) is 2. The molecule has 0 aliphatic heterocycles. The van der Waals surface area contributed by atoms with Gasteiger partial charge in [0, 0.05) is 17.7 Å². The molecule has 3 rings (SSSR count). The van der Waals surface area contributed by atoms with E-state index >= 15 is 0 Å². The van der Waals surface area contributed by atoms with E-state index in [1.54, 1.807) is 31.2 Å². The summed E-state index contributed by atoms with van der Waals surface area (Å²) in [6.45, 7) is 3.69. The summed E-state index contributed by atoms with van der Waals surface area (Å²) < 4.78 is 5.76. The maximum Gasteiger partial charge on any atom is 0.336 e. The van der Waals surface area contributed by atoms with Crippen LogP contribution >= 0.6 is 0 Å². The van der Waals surface area contributed by atoms with E-state index in [0.717, 1.165) is 5.56 Å². The number of nitrogens with one attached hydrogen (secondary N) is 1. The Bertz CT molecular complexity index is 1090. The molecule has 6 nitrogen and oxygen atoms in total. The van der Waals surface area contributed by atoms with Crippen LogP contribution in [0.1, 0.15) is 50.0 Å². The third-order valence-electron chi connectivity index (χ3n) is 4.51. The fraction of sp³-hybridized carbons (Fsp3) is 0.125. The molecule has 0 heterocycles. The van der Waals surface area contributed by atoms with E-state index in [1.807, 2.05) is 31.2 Å². The van der Waals surface area contributed by atoms with Crippen molar-refractivity contribution in [3.63, 3.8) is 0 Å². The number of rotatable bonds is 7. The van der Waals surface area contributed by atoms with Gasteiger partial charge in [-0.1, -0.05) is 30.7 Å². The number of carboxylic acid groups (broad SMARTS) is 1. The molecule has 0 bridgehead atoms. The summed E-state index contributed by atoms with van der Waals surface area (Å²) in [7, 11) is 0. The molecule has 0 spiro atoms. The summed E-state index contributed by atoms with van der Waals surface area (Å²) in [5.74, 6) is -0.721. The molecule has 1 amide bonds. The zero-order valence-electron chi connectivity index (χ0n) is 16.6. The van der Waals surface area contributed by atoms with Crippen molar-refractivity contribution in [3.05, 3.63) is 89.0 Å². The summed E-state index contributed by atoms with van der Waals surface area (Å²) in [5.41, 5.74) is 1.67. The second kappa shape index (κ2) is 9.05. The van der Waals surface area contributed by atoms with Crippen molar-refractivity contribution >= 4 is 23.3 Å². The van der Waals surface area contributed by atoms with Crippen LogP contribution in [0.5, 0.6) is 11.5 Å². The lowest BCUT2D eigenvalue weighted by molar-refractivity contribution is 0.0692. The highest BCUT2D eigenvalue weighted by Gasteiger charge is 2.19. The molecule has 3 aromatic rings. The minimum absolute atomic E-state index is 0.0678. The number of carbonyl (C=O) groups is 3. The van der Waals surface area contributed by atoms with Gasteiger partial charge >= 0.3 is 5.97 Å². The number of benzene rings is 3. The predicted molar refractivity (Wildman–Crippen MR) is 114 cm³/mol. The van der Waals surface area contributed by atoms with Crippen LogP contribution < -0.4 is 10.1 Å². The molecular formula is C24H21NO5. The molecule has 2 N–H and O–H groups in total. The largest absolute Gasteiger partial charge is 0.478 e. The van der Waals surface area contributed by atoms with Gasteiger partial charge in [-0.15, -0.1) is 0 Å². The van der Waals surface area contributed by atoms with E-state index in [-0.39, 0.29) is 23.3 Å². The number of ketones is 1. The number of aryl methyl sites for hydroxylation is 1. The maximum absolute atomic E-state index is 12.7. The van der Waals surface area contributed by atoms with E-state index in [4.69, 9.17) is 4.74 Å². The topological polar surface area (TPSA) is 92.7 Å². The van der Waals surface area contributed by atoms with Crippen molar-refractivity contribution in [3.8, 4) is 11.5 Å². The van der Waals surface area contributed by atoms with Crippen LogP contribution in [0.3, 0.4) is 0 Å². The van der Waals surface area contributed by atoms with Crippen LogP contribution in [0.25, 0.3) is 0 Å². The molecule has 0 aliphatic rings. The van der Waals surface area contributed by atoms with Gasteiger partial charge in [-0.05, 0) is 55.5 Å². The molecule has 3 aromatic carbocycles. The number of carbonyl (C=O) groups excluding carboxylic acids is 2. The van der Waals surface area contributed by atoms with Crippen LogP contribution in [-0.4, -0.2) is 22.8 Å². The molecule has 6 heteroatoms. The molecular weight excluding hydrogens is 382 g/mol. The lowest BCUT2D eigenvalue weighted by Crippen LogP contribution is -2.17. The Morgan fingerprint density at radius 1 is 0.867 bits per heavy atom. The molecule has 0 atom stereocenters. The summed E-state index contributed by atoms with van der Waals surface area (Å²) in [4.78, 5) is 36.1. The highest BCUT2D eigenvalue weighted by atomic mass is 16.5. The van der Waals surface area contributed by atoms with Gasteiger partial charge < -0.3 is 15.2 Å². The van der Waals surface area contributed by atoms with Crippen molar-refractivity contribution < 1.29 is 24.2 Å². The Morgan fingerprint density at radius 3 is 2.03 bits per heavy atom. The normalized spacial score (nSPS) is 10.3. The molecule has 0 unspecified atom stereocenters.